The van der Waals surface area contributed by atoms with Gasteiger partial charge in [-0.05, 0) is 44.0 Å². The number of likely N-dealkylation sites (N-methyl/N-ethyl adjacent to an activating group) is 1. The summed E-state index contributed by atoms with van der Waals surface area (Å²) in [5.41, 5.74) is 1.19. The van der Waals surface area contributed by atoms with Gasteiger partial charge in [0.15, 0.2) is 5.11 Å². The topological polar surface area (TPSA) is 18.5 Å². The van der Waals surface area contributed by atoms with Gasteiger partial charge in [-0.2, -0.15) is 0 Å². The Hall–Kier alpha value is -0.840. The summed E-state index contributed by atoms with van der Waals surface area (Å²) in [6.45, 7) is 2.61. The highest BCUT2D eigenvalue weighted by Gasteiger charge is 2.04. The summed E-state index contributed by atoms with van der Waals surface area (Å²) >= 11 is 11.2. The Kier molecular flexibility index (Phi) is 6.39. The average Bonchev–Trinajstić information content (AvgIpc) is 2.31. The van der Waals surface area contributed by atoms with Gasteiger partial charge in [0.2, 0.25) is 0 Å². The summed E-state index contributed by atoms with van der Waals surface area (Å²) in [6, 6.07) is 7.82. The second-order valence-corrected chi connectivity index (χ2v) is 5.34. The van der Waals surface area contributed by atoms with E-state index in [-0.39, 0.29) is 0 Å². The first-order chi connectivity index (χ1) is 8.49. The van der Waals surface area contributed by atoms with E-state index in [2.05, 4.69) is 10.2 Å². The summed E-state index contributed by atoms with van der Waals surface area (Å²) in [7, 11) is 6.07. The molecule has 1 rings (SSSR count). The van der Waals surface area contributed by atoms with E-state index in [9.17, 15) is 0 Å². The van der Waals surface area contributed by atoms with Gasteiger partial charge < -0.3 is 15.1 Å². The first-order valence-electron chi connectivity index (χ1n) is 5.87. The van der Waals surface area contributed by atoms with Crippen molar-refractivity contribution in [1.29, 1.82) is 0 Å². The summed E-state index contributed by atoms with van der Waals surface area (Å²) in [6.07, 6.45) is 0. The fourth-order valence-corrected chi connectivity index (χ4v) is 1.75. The highest BCUT2D eigenvalue weighted by Crippen LogP contribution is 2.10. The van der Waals surface area contributed by atoms with Crippen molar-refractivity contribution in [2.75, 3.05) is 34.2 Å². The van der Waals surface area contributed by atoms with Crippen LogP contribution in [0.15, 0.2) is 24.3 Å². The second-order valence-electron chi connectivity index (χ2n) is 4.52. The van der Waals surface area contributed by atoms with Gasteiger partial charge in [0.1, 0.15) is 0 Å². The van der Waals surface area contributed by atoms with Crippen LogP contribution in [0.25, 0.3) is 0 Å². The molecule has 100 valence electrons. The van der Waals surface area contributed by atoms with Gasteiger partial charge in [0, 0.05) is 31.7 Å². The van der Waals surface area contributed by atoms with Gasteiger partial charge in [0.05, 0.1) is 0 Å². The van der Waals surface area contributed by atoms with E-state index in [1.165, 1.54) is 5.56 Å². The molecular weight excluding hydrogens is 266 g/mol. The highest BCUT2D eigenvalue weighted by molar-refractivity contribution is 7.80. The lowest BCUT2D eigenvalue weighted by atomic mass is 10.2. The van der Waals surface area contributed by atoms with Gasteiger partial charge in [-0.25, -0.2) is 0 Å². The Labute approximate surface area is 120 Å². The van der Waals surface area contributed by atoms with Gasteiger partial charge in [-0.1, -0.05) is 23.7 Å². The summed E-state index contributed by atoms with van der Waals surface area (Å²) in [5, 5.41) is 4.76. The van der Waals surface area contributed by atoms with Crippen molar-refractivity contribution in [3.05, 3.63) is 34.9 Å². The zero-order chi connectivity index (χ0) is 13.5. The smallest absolute Gasteiger partial charge is 0.169 e. The van der Waals surface area contributed by atoms with Crippen molar-refractivity contribution in [2.24, 2.45) is 0 Å². The molecule has 1 aromatic carbocycles. The first-order valence-corrected chi connectivity index (χ1v) is 6.66. The second kappa shape index (κ2) is 7.56. The standard InChI is InChI=1S/C13H20ClN3S/c1-16(2)9-8-15-13(18)17(3)10-11-4-6-12(14)7-5-11/h4-7H,8-10H2,1-3H3,(H,15,18). The Bertz CT molecular complexity index is 378. The largest absolute Gasteiger partial charge is 0.361 e. The molecule has 0 unspecified atom stereocenters. The lowest BCUT2D eigenvalue weighted by Gasteiger charge is -2.22. The molecule has 0 amide bonds. The number of rotatable bonds is 5. The molecule has 0 saturated carbocycles. The predicted octanol–water partition coefficient (Wildman–Crippen LogP) is 2.21. The summed E-state index contributed by atoms with van der Waals surface area (Å²) < 4.78 is 0. The zero-order valence-corrected chi connectivity index (χ0v) is 12.7. The maximum Gasteiger partial charge on any atom is 0.169 e. The molecule has 0 atom stereocenters. The van der Waals surface area contributed by atoms with Crippen molar-refractivity contribution < 1.29 is 0 Å². The monoisotopic (exact) mass is 285 g/mol. The molecule has 0 bridgehead atoms. The number of nitrogens with one attached hydrogen (secondary N) is 1. The van der Waals surface area contributed by atoms with Crippen molar-refractivity contribution in [3.63, 3.8) is 0 Å². The van der Waals surface area contributed by atoms with E-state index < -0.39 is 0 Å². The molecule has 0 aliphatic heterocycles. The molecule has 0 aromatic heterocycles. The third kappa shape index (κ3) is 5.67. The van der Waals surface area contributed by atoms with Crippen molar-refractivity contribution >= 4 is 28.9 Å². The van der Waals surface area contributed by atoms with Crippen LogP contribution >= 0.6 is 23.8 Å². The minimum Gasteiger partial charge on any atom is -0.361 e. The van der Waals surface area contributed by atoms with Crippen LogP contribution < -0.4 is 5.32 Å². The van der Waals surface area contributed by atoms with Crippen LogP contribution in [0.1, 0.15) is 5.56 Å². The fraction of sp³-hybridized carbons (Fsp3) is 0.462. The van der Waals surface area contributed by atoms with Gasteiger partial charge in [0.25, 0.3) is 0 Å². The Balaban J connectivity index is 2.37. The first kappa shape index (κ1) is 15.2. The van der Waals surface area contributed by atoms with Crippen LogP contribution in [-0.2, 0) is 6.54 Å². The third-order valence-corrected chi connectivity index (χ3v) is 3.22. The molecule has 0 radical (unpaired) electrons. The number of halogens is 1. The molecule has 18 heavy (non-hydrogen) atoms. The predicted molar refractivity (Wildman–Crippen MR) is 82.1 cm³/mol. The van der Waals surface area contributed by atoms with Crippen LogP contribution in [0.2, 0.25) is 5.02 Å². The Morgan fingerprint density at radius 2 is 1.83 bits per heavy atom. The number of benzene rings is 1. The average molecular weight is 286 g/mol. The van der Waals surface area contributed by atoms with Gasteiger partial charge in [-0.3, -0.25) is 0 Å². The van der Waals surface area contributed by atoms with Crippen molar-refractivity contribution in [1.82, 2.24) is 15.1 Å². The highest BCUT2D eigenvalue weighted by atomic mass is 35.5. The number of hydrogen-bond acceptors (Lipinski definition) is 2. The van der Waals surface area contributed by atoms with Crippen LogP contribution in [0, 0.1) is 0 Å². The van der Waals surface area contributed by atoms with Gasteiger partial charge >= 0.3 is 0 Å². The molecule has 0 aliphatic carbocycles. The van der Waals surface area contributed by atoms with E-state index in [0.717, 1.165) is 29.8 Å². The molecule has 0 spiro atoms. The lowest BCUT2D eigenvalue weighted by Crippen LogP contribution is -2.39. The van der Waals surface area contributed by atoms with Crippen molar-refractivity contribution in [3.8, 4) is 0 Å². The van der Waals surface area contributed by atoms with Crippen LogP contribution in [-0.4, -0.2) is 49.1 Å². The SMILES string of the molecule is CN(C)CCNC(=S)N(C)Cc1ccc(Cl)cc1. The van der Waals surface area contributed by atoms with E-state index >= 15 is 0 Å². The quantitative estimate of drug-likeness (QED) is 0.836. The minimum absolute atomic E-state index is 0.757. The van der Waals surface area contributed by atoms with Crippen LogP contribution in [0.5, 0.6) is 0 Å². The molecule has 0 saturated heterocycles. The molecule has 3 nitrogen and oxygen atoms in total. The van der Waals surface area contributed by atoms with E-state index in [1.54, 1.807) is 0 Å². The Morgan fingerprint density at radius 1 is 1.22 bits per heavy atom. The molecule has 0 heterocycles. The maximum atomic E-state index is 5.85. The summed E-state index contributed by atoms with van der Waals surface area (Å²) in [4.78, 5) is 4.14. The fourth-order valence-electron chi connectivity index (χ4n) is 1.46. The third-order valence-electron chi connectivity index (χ3n) is 2.51. The van der Waals surface area contributed by atoms with E-state index in [0.29, 0.717) is 0 Å². The minimum atomic E-state index is 0.757. The van der Waals surface area contributed by atoms with E-state index in [4.69, 9.17) is 23.8 Å². The van der Waals surface area contributed by atoms with Crippen molar-refractivity contribution in [2.45, 2.75) is 6.54 Å². The number of hydrogen-bond donors (Lipinski definition) is 1. The molecule has 0 fully saturated rings. The normalized spacial score (nSPS) is 10.5. The Morgan fingerprint density at radius 3 is 2.39 bits per heavy atom. The lowest BCUT2D eigenvalue weighted by molar-refractivity contribution is 0.406. The number of thiocarbonyl (C=S) groups is 1. The summed E-state index contributed by atoms with van der Waals surface area (Å²) in [5.74, 6) is 0. The van der Waals surface area contributed by atoms with E-state index in [1.807, 2.05) is 50.3 Å². The maximum absolute atomic E-state index is 5.85. The molecular formula is C13H20ClN3S. The molecule has 0 aliphatic rings. The van der Waals surface area contributed by atoms with Crippen LogP contribution in [0.3, 0.4) is 0 Å². The van der Waals surface area contributed by atoms with Crippen LogP contribution in [0.4, 0.5) is 0 Å². The molecule has 5 heteroatoms. The molecule has 1 N–H and O–H groups in total. The molecule has 1 aromatic rings. The van der Waals surface area contributed by atoms with Gasteiger partial charge in [-0.15, -0.1) is 0 Å². The number of nitrogens with zero attached hydrogens (tertiary/aromatic N) is 2. The zero-order valence-electron chi connectivity index (χ0n) is 11.1.